The van der Waals surface area contributed by atoms with E-state index in [1.54, 1.807) is 13.8 Å². The zero-order valence-corrected chi connectivity index (χ0v) is 11.8. The van der Waals surface area contributed by atoms with E-state index in [1.165, 1.54) is 16.9 Å². The molecule has 0 saturated heterocycles. The van der Waals surface area contributed by atoms with Crippen molar-refractivity contribution < 1.29 is 22.7 Å². The summed E-state index contributed by atoms with van der Waals surface area (Å²) in [6.07, 6.45) is -3.02. The highest BCUT2D eigenvalue weighted by molar-refractivity contribution is 6.02. The van der Waals surface area contributed by atoms with E-state index in [9.17, 15) is 18.0 Å². The van der Waals surface area contributed by atoms with Gasteiger partial charge in [0.05, 0.1) is 6.20 Å². The van der Waals surface area contributed by atoms with Crippen LogP contribution in [-0.2, 0) is 0 Å². The van der Waals surface area contributed by atoms with Crippen LogP contribution in [0.25, 0.3) is 0 Å². The first-order valence-corrected chi connectivity index (χ1v) is 6.36. The van der Waals surface area contributed by atoms with Gasteiger partial charge in [0.2, 0.25) is 5.88 Å². The Bertz CT molecular complexity index is 634. The molecule has 2 aromatic heterocycles. The molecule has 7 nitrogen and oxygen atoms in total. The van der Waals surface area contributed by atoms with Crippen LogP contribution in [0.2, 0.25) is 0 Å². The first-order chi connectivity index (χ1) is 10.3. The third-order valence-corrected chi connectivity index (χ3v) is 2.57. The molecule has 0 unspecified atom stereocenters. The third kappa shape index (κ3) is 3.99. The molecular weight excluding hydrogens is 303 g/mol. The molecule has 0 aliphatic carbocycles. The van der Waals surface area contributed by atoms with Crippen molar-refractivity contribution in [3.05, 3.63) is 24.0 Å². The number of aromatic amines is 1. The van der Waals surface area contributed by atoms with Crippen LogP contribution in [0.15, 0.2) is 18.3 Å². The van der Waals surface area contributed by atoms with Crippen LogP contribution in [0, 0.1) is 0 Å². The number of anilines is 1. The number of ether oxygens (including phenoxy) is 1. The first kappa shape index (κ1) is 15.9. The van der Waals surface area contributed by atoms with Crippen LogP contribution in [-0.4, -0.2) is 38.7 Å². The van der Waals surface area contributed by atoms with E-state index in [2.05, 4.69) is 25.3 Å². The Morgan fingerprint density at radius 1 is 1.50 bits per heavy atom. The van der Waals surface area contributed by atoms with Crippen molar-refractivity contribution in [2.75, 3.05) is 11.9 Å². The Kier molecular flexibility index (Phi) is 4.38. The number of hydrogen-bond acceptors (Lipinski definition) is 4. The maximum atomic E-state index is 12.2. The lowest BCUT2D eigenvalue weighted by atomic mass is 10.3. The molecule has 10 heteroatoms. The van der Waals surface area contributed by atoms with Gasteiger partial charge in [-0.15, -0.1) is 5.10 Å². The number of amides is 1. The zero-order valence-electron chi connectivity index (χ0n) is 11.8. The summed E-state index contributed by atoms with van der Waals surface area (Å²) in [5.74, 6) is -0.438. The van der Waals surface area contributed by atoms with Crippen molar-refractivity contribution in [2.24, 2.45) is 0 Å². The molecule has 2 N–H and O–H groups in total. The molecule has 2 rings (SSSR count). The zero-order chi connectivity index (χ0) is 16.3. The molecule has 0 aromatic carbocycles. The van der Waals surface area contributed by atoms with Crippen molar-refractivity contribution in [1.82, 2.24) is 20.0 Å². The Hall–Kier alpha value is -2.52. The highest BCUT2D eigenvalue weighted by atomic mass is 19.4. The number of carbonyl (C=O) groups excluding carboxylic acids is 1. The number of nitrogens with zero attached hydrogens (tertiary/aromatic N) is 3. The largest absolute Gasteiger partial charge is 0.467 e. The van der Waals surface area contributed by atoms with Crippen molar-refractivity contribution in [3.63, 3.8) is 0 Å². The Balaban J connectivity index is 2.18. The van der Waals surface area contributed by atoms with Crippen LogP contribution >= 0.6 is 0 Å². The van der Waals surface area contributed by atoms with Gasteiger partial charge in [-0.3, -0.25) is 14.6 Å². The van der Waals surface area contributed by atoms with Crippen molar-refractivity contribution in [3.8, 4) is 5.88 Å². The van der Waals surface area contributed by atoms with Gasteiger partial charge in [0.1, 0.15) is 11.5 Å². The minimum absolute atomic E-state index is 0.0850. The minimum atomic E-state index is -4.47. The molecule has 1 amide bonds. The fourth-order valence-electron chi connectivity index (χ4n) is 1.67. The molecule has 0 bridgehead atoms. The lowest BCUT2D eigenvalue weighted by molar-refractivity contribution is -0.154. The summed E-state index contributed by atoms with van der Waals surface area (Å²) < 4.78 is 42.4. The summed E-state index contributed by atoms with van der Waals surface area (Å²) in [6.45, 7) is 2.02. The van der Waals surface area contributed by atoms with Crippen molar-refractivity contribution in [2.45, 2.75) is 26.1 Å². The highest BCUT2D eigenvalue weighted by Gasteiger charge is 2.29. The number of rotatable bonds is 5. The van der Waals surface area contributed by atoms with Gasteiger partial charge in [-0.1, -0.05) is 0 Å². The van der Waals surface area contributed by atoms with E-state index in [0.717, 1.165) is 6.07 Å². The molecule has 0 radical (unpaired) electrons. The molecule has 2 aromatic rings. The van der Waals surface area contributed by atoms with Gasteiger partial charge in [0.25, 0.3) is 5.91 Å². The lowest BCUT2D eigenvalue weighted by Crippen LogP contribution is -2.19. The quantitative estimate of drug-likeness (QED) is 0.886. The number of hydrogen-bond donors (Lipinski definition) is 2. The van der Waals surface area contributed by atoms with Gasteiger partial charge in [-0.2, -0.15) is 18.3 Å². The van der Waals surface area contributed by atoms with Crippen LogP contribution in [0.5, 0.6) is 5.88 Å². The number of nitrogens with one attached hydrogen (secondary N) is 2. The van der Waals surface area contributed by atoms with E-state index < -0.39 is 18.7 Å². The number of alkyl halides is 3. The Labute approximate surface area is 123 Å². The molecule has 0 spiro atoms. The second-order valence-corrected chi connectivity index (χ2v) is 4.73. The first-order valence-electron chi connectivity index (χ1n) is 6.36. The normalized spacial score (nSPS) is 11.7. The predicted molar refractivity (Wildman–Crippen MR) is 70.7 cm³/mol. The topological polar surface area (TPSA) is 84.8 Å². The van der Waals surface area contributed by atoms with Crippen LogP contribution in [0.1, 0.15) is 30.4 Å². The number of aromatic nitrogens is 4. The van der Waals surface area contributed by atoms with E-state index in [-0.39, 0.29) is 17.6 Å². The molecule has 22 heavy (non-hydrogen) atoms. The fraction of sp³-hybridized carbons (Fsp3) is 0.417. The van der Waals surface area contributed by atoms with Crippen LogP contribution in [0.3, 0.4) is 0 Å². The predicted octanol–water partition coefficient (Wildman–Crippen LogP) is 2.38. The molecular formula is C12H14F3N5O2. The summed E-state index contributed by atoms with van der Waals surface area (Å²) in [5, 5.41) is 12.6. The minimum Gasteiger partial charge on any atom is -0.467 e. The molecule has 0 atom stereocenters. The summed E-state index contributed by atoms with van der Waals surface area (Å²) in [6, 6.07) is 2.47. The van der Waals surface area contributed by atoms with Gasteiger partial charge in [0, 0.05) is 18.2 Å². The van der Waals surface area contributed by atoms with Gasteiger partial charge in [0.15, 0.2) is 6.61 Å². The molecule has 0 saturated carbocycles. The van der Waals surface area contributed by atoms with E-state index in [1.807, 2.05) is 0 Å². The maximum absolute atomic E-state index is 12.2. The maximum Gasteiger partial charge on any atom is 0.422 e. The molecule has 0 aliphatic rings. The van der Waals surface area contributed by atoms with E-state index >= 15 is 0 Å². The standard InChI is InChI=1S/C12H14F3N5O2/c1-7(2)20-8(11(21)17-9-3-4-16-18-9)5-10(19-20)22-6-12(13,14)15/h3-5,7H,6H2,1-2H3,(H2,16,17,18,21). The van der Waals surface area contributed by atoms with Crippen molar-refractivity contribution >= 4 is 11.7 Å². The van der Waals surface area contributed by atoms with Crippen molar-refractivity contribution in [1.29, 1.82) is 0 Å². The second-order valence-electron chi connectivity index (χ2n) is 4.73. The molecule has 2 heterocycles. The Morgan fingerprint density at radius 2 is 2.23 bits per heavy atom. The van der Waals surface area contributed by atoms with E-state index in [0.29, 0.717) is 5.82 Å². The number of carbonyl (C=O) groups is 1. The highest BCUT2D eigenvalue weighted by Crippen LogP contribution is 2.21. The van der Waals surface area contributed by atoms with Gasteiger partial charge >= 0.3 is 6.18 Å². The summed E-state index contributed by atoms with van der Waals surface area (Å²) >= 11 is 0. The Morgan fingerprint density at radius 3 is 2.77 bits per heavy atom. The summed E-state index contributed by atoms with van der Waals surface area (Å²) in [5.41, 5.74) is 0.0850. The SMILES string of the molecule is CC(C)n1nc(OCC(F)(F)F)cc1C(=O)Nc1ccn[nH]1. The molecule has 0 aliphatic heterocycles. The smallest absolute Gasteiger partial charge is 0.422 e. The lowest BCUT2D eigenvalue weighted by Gasteiger charge is -2.10. The van der Waals surface area contributed by atoms with E-state index in [4.69, 9.17) is 0 Å². The van der Waals surface area contributed by atoms with Gasteiger partial charge in [-0.05, 0) is 13.8 Å². The average Bonchev–Trinajstić information content (AvgIpc) is 3.03. The van der Waals surface area contributed by atoms with Gasteiger partial charge in [-0.25, -0.2) is 0 Å². The second kappa shape index (κ2) is 6.08. The van der Waals surface area contributed by atoms with Crippen LogP contribution < -0.4 is 10.1 Å². The molecule has 120 valence electrons. The molecule has 0 fully saturated rings. The monoisotopic (exact) mass is 317 g/mol. The van der Waals surface area contributed by atoms with Gasteiger partial charge < -0.3 is 10.1 Å². The van der Waals surface area contributed by atoms with Crippen LogP contribution in [0.4, 0.5) is 19.0 Å². The summed E-state index contributed by atoms with van der Waals surface area (Å²) in [7, 11) is 0. The fourth-order valence-corrected chi connectivity index (χ4v) is 1.67. The summed E-state index contributed by atoms with van der Waals surface area (Å²) in [4.78, 5) is 12.2. The third-order valence-electron chi connectivity index (χ3n) is 2.57. The number of H-pyrrole nitrogens is 1. The number of halogens is 3. The average molecular weight is 317 g/mol.